The topological polar surface area (TPSA) is 49.6 Å². The third-order valence-corrected chi connectivity index (χ3v) is 5.35. The van der Waals surface area contributed by atoms with E-state index in [0.717, 1.165) is 45.6 Å². The largest absolute Gasteiger partial charge is 0.340 e. The van der Waals surface area contributed by atoms with Crippen LogP contribution in [0.25, 0.3) is 0 Å². The molecule has 1 aliphatic heterocycles. The highest BCUT2D eigenvalue weighted by molar-refractivity contribution is 5.85. The van der Waals surface area contributed by atoms with Gasteiger partial charge in [0.15, 0.2) is 0 Å². The molecule has 0 aliphatic carbocycles. The molecule has 6 heteroatoms. The van der Waals surface area contributed by atoms with Gasteiger partial charge >= 0.3 is 0 Å². The Balaban J connectivity index is 0.00000288. The number of carbonyl (C=O) groups is 1. The number of amides is 1. The molecule has 0 atom stereocenters. The van der Waals surface area contributed by atoms with E-state index in [1.54, 1.807) is 0 Å². The van der Waals surface area contributed by atoms with Gasteiger partial charge in [0, 0.05) is 39.3 Å². The van der Waals surface area contributed by atoms with Crippen LogP contribution in [0.15, 0.2) is 24.3 Å². The third kappa shape index (κ3) is 5.85. The number of halogens is 2. The summed E-state index contributed by atoms with van der Waals surface area (Å²) >= 11 is 0. The van der Waals surface area contributed by atoms with Gasteiger partial charge in [0.2, 0.25) is 5.91 Å². The van der Waals surface area contributed by atoms with Crippen LogP contribution in [0.2, 0.25) is 0 Å². The average molecular weight is 390 g/mol. The van der Waals surface area contributed by atoms with Crippen molar-refractivity contribution in [3.63, 3.8) is 0 Å². The van der Waals surface area contributed by atoms with Crippen molar-refractivity contribution in [1.29, 1.82) is 0 Å². The summed E-state index contributed by atoms with van der Waals surface area (Å²) in [6.45, 7) is 11.2. The van der Waals surface area contributed by atoms with Crippen molar-refractivity contribution in [1.82, 2.24) is 9.80 Å². The van der Waals surface area contributed by atoms with E-state index in [4.69, 9.17) is 5.73 Å². The maximum atomic E-state index is 12.9. The first-order valence-electron chi connectivity index (χ1n) is 8.82. The number of carbonyl (C=O) groups excluding carboxylic acids is 1. The normalized spacial score (nSPS) is 15.3. The molecule has 2 N–H and O–H groups in total. The third-order valence-electron chi connectivity index (χ3n) is 5.35. The number of piperazine rings is 1. The lowest BCUT2D eigenvalue weighted by Gasteiger charge is -2.40. The fourth-order valence-corrected chi connectivity index (χ4v) is 3.44. The van der Waals surface area contributed by atoms with Gasteiger partial charge in [-0.1, -0.05) is 43.7 Å². The fourth-order valence-electron chi connectivity index (χ4n) is 3.44. The Morgan fingerprint density at radius 3 is 2.20 bits per heavy atom. The Hall–Kier alpha value is -0.810. The van der Waals surface area contributed by atoms with Gasteiger partial charge in [0.25, 0.3) is 0 Å². The van der Waals surface area contributed by atoms with Gasteiger partial charge in [-0.25, -0.2) is 0 Å². The minimum atomic E-state index is -0.362. The van der Waals surface area contributed by atoms with Crippen LogP contribution < -0.4 is 5.73 Å². The number of nitrogens with zero attached hydrogens (tertiary/aromatic N) is 2. The molecular weight excluding hydrogens is 357 g/mol. The van der Waals surface area contributed by atoms with E-state index in [0.29, 0.717) is 6.54 Å². The number of nitrogens with two attached hydrogens (primary N) is 1. The van der Waals surface area contributed by atoms with E-state index in [1.807, 2.05) is 4.90 Å². The molecule has 1 heterocycles. The standard InChI is InChI=1S/C19H31N3O.2ClH/c1-4-19(5-2,15-20)18(23)22-11-9-21(10-12-22)14-17-8-6-7-16(3)13-17;;/h6-8,13H,4-5,9-12,14-15,20H2,1-3H3;2*1H. The molecule has 1 aromatic carbocycles. The summed E-state index contributed by atoms with van der Waals surface area (Å²) in [6, 6.07) is 8.66. The van der Waals surface area contributed by atoms with Gasteiger partial charge in [0.1, 0.15) is 0 Å². The Bertz CT molecular complexity index is 519. The van der Waals surface area contributed by atoms with Crippen LogP contribution in [-0.2, 0) is 11.3 Å². The van der Waals surface area contributed by atoms with Crippen molar-refractivity contribution in [3.05, 3.63) is 35.4 Å². The number of hydrogen-bond acceptors (Lipinski definition) is 3. The lowest BCUT2D eigenvalue weighted by Crippen LogP contribution is -2.54. The van der Waals surface area contributed by atoms with Crippen LogP contribution >= 0.6 is 24.8 Å². The molecule has 0 bridgehead atoms. The molecular formula is C19H33Cl2N3O. The van der Waals surface area contributed by atoms with E-state index >= 15 is 0 Å². The molecule has 0 radical (unpaired) electrons. The van der Waals surface area contributed by atoms with Crippen molar-refractivity contribution in [2.75, 3.05) is 32.7 Å². The summed E-state index contributed by atoms with van der Waals surface area (Å²) in [6.07, 6.45) is 1.64. The molecule has 25 heavy (non-hydrogen) atoms. The Labute approximate surface area is 164 Å². The van der Waals surface area contributed by atoms with E-state index < -0.39 is 0 Å². The molecule has 1 aromatic rings. The predicted molar refractivity (Wildman–Crippen MR) is 110 cm³/mol. The molecule has 1 fully saturated rings. The number of hydrogen-bond donors (Lipinski definition) is 1. The number of aryl methyl sites for hydroxylation is 1. The van der Waals surface area contributed by atoms with Crippen LogP contribution in [0.5, 0.6) is 0 Å². The molecule has 1 amide bonds. The van der Waals surface area contributed by atoms with Crippen molar-refractivity contribution in [2.45, 2.75) is 40.2 Å². The molecule has 144 valence electrons. The molecule has 0 aromatic heterocycles. The minimum Gasteiger partial charge on any atom is -0.340 e. The lowest BCUT2D eigenvalue weighted by molar-refractivity contribution is -0.144. The molecule has 0 spiro atoms. The Kier molecular flexibility index (Phi) is 10.7. The highest BCUT2D eigenvalue weighted by Gasteiger charge is 2.37. The maximum Gasteiger partial charge on any atom is 0.230 e. The fraction of sp³-hybridized carbons (Fsp3) is 0.632. The molecule has 2 rings (SSSR count). The van der Waals surface area contributed by atoms with Gasteiger partial charge in [-0.2, -0.15) is 0 Å². The monoisotopic (exact) mass is 389 g/mol. The average Bonchev–Trinajstić information content (AvgIpc) is 2.57. The van der Waals surface area contributed by atoms with E-state index in [1.165, 1.54) is 11.1 Å². The summed E-state index contributed by atoms with van der Waals surface area (Å²) in [7, 11) is 0. The highest BCUT2D eigenvalue weighted by Crippen LogP contribution is 2.28. The molecule has 0 unspecified atom stereocenters. The van der Waals surface area contributed by atoms with Gasteiger partial charge in [-0.15, -0.1) is 24.8 Å². The van der Waals surface area contributed by atoms with E-state index in [2.05, 4.69) is 49.9 Å². The van der Waals surface area contributed by atoms with Crippen LogP contribution in [0.1, 0.15) is 37.8 Å². The minimum absolute atomic E-state index is 0. The Morgan fingerprint density at radius 2 is 1.72 bits per heavy atom. The molecule has 0 saturated carbocycles. The number of benzene rings is 1. The lowest BCUT2D eigenvalue weighted by atomic mass is 9.81. The van der Waals surface area contributed by atoms with Crippen LogP contribution in [0, 0.1) is 12.3 Å². The Morgan fingerprint density at radius 1 is 1.12 bits per heavy atom. The molecule has 4 nitrogen and oxygen atoms in total. The zero-order valence-corrected chi connectivity index (χ0v) is 17.3. The van der Waals surface area contributed by atoms with Crippen molar-refractivity contribution >= 4 is 30.7 Å². The maximum absolute atomic E-state index is 12.9. The first kappa shape index (κ1) is 24.2. The molecule has 1 saturated heterocycles. The predicted octanol–water partition coefficient (Wildman–Crippen LogP) is 3.25. The first-order valence-corrected chi connectivity index (χ1v) is 8.82. The second kappa shape index (κ2) is 11.0. The van der Waals surface area contributed by atoms with Gasteiger partial charge < -0.3 is 10.6 Å². The molecule has 1 aliphatic rings. The summed E-state index contributed by atoms with van der Waals surface area (Å²) in [5.74, 6) is 0.250. The van der Waals surface area contributed by atoms with Gasteiger partial charge in [-0.3, -0.25) is 9.69 Å². The van der Waals surface area contributed by atoms with E-state index in [9.17, 15) is 4.79 Å². The van der Waals surface area contributed by atoms with E-state index in [-0.39, 0.29) is 36.1 Å². The zero-order valence-electron chi connectivity index (χ0n) is 15.7. The van der Waals surface area contributed by atoms with Gasteiger partial charge in [0.05, 0.1) is 5.41 Å². The van der Waals surface area contributed by atoms with Crippen molar-refractivity contribution < 1.29 is 4.79 Å². The second-order valence-electron chi connectivity index (χ2n) is 6.75. The van der Waals surface area contributed by atoms with Crippen molar-refractivity contribution in [2.24, 2.45) is 11.1 Å². The first-order chi connectivity index (χ1) is 11.0. The second-order valence-corrected chi connectivity index (χ2v) is 6.75. The van der Waals surface area contributed by atoms with Crippen LogP contribution in [0.4, 0.5) is 0 Å². The van der Waals surface area contributed by atoms with Gasteiger partial charge in [-0.05, 0) is 25.3 Å². The summed E-state index contributed by atoms with van der Waals surface area (Å²) < 4.78 is 0. The zero-order chi connectivity index (χ0) is 16.9. The van der Waals surface area contributed by atoms with Crippen molar-refractivity contribution in [3.8, 4) is 0 Å². The highest BCUT2D eigenvalue weighted by atomic mass is 35.5. The summed E-state index contributed by atoms with van der Waals surface area (Å²) in [5, 5.41) is 0. The summed E-state index contributed by atoms with van der Waals surface area (Å²) in [5.41, 5.74) is 8.21. The number of rotatable bonds is 6. The smallest absolute Gasteiger partial charge is 0.230 e. The summed E-state index contributed by atoms with van der Waals surface area (Å²) in [4.78, 5) is 17.3. The quantitative estimate of drug-likeness (QED) is 0.811. The SMILES string of the molecule is CCC(CC)(CN)C(=O)N1CCN(Cc2cccc(C)c2)CC1.Cl.Cl. The van der Waals surface area contributed by atoms with Crippen LogP contribution in [-0.4, -0.2) is 48.4 Å². The van der Waals surface area contributed by atoms with Crippen LogP contribution in [0.3, 0.4) is 0 Å².